The molecule has 20 atom stereocenters. The Hall–Kier alpha value is -3.59. The molecule has 0 spiro atoms. The Labute approximate surface area is 491 Å². The van der Waals surface area contributed by atoms with Gasteiger partial charge in [0.2, 0.25) is 0 Å². The number of aliphatic hydroxyl groups is 9. The first-order valence-corrected chi connectivity index (χ1v) is 31.0. The quantitative estimate of drug-likeness (QED) is 0.0374. The molecule has 10 rings (SSSR count). The first-order valence-electron chi connectivity index (χ1n) is 31.0. The molecule has 0 amide bonds. The molecule has 9 N–H and O–H groups in total. The zero-order valence-corrected chi connectivity index (χ0v) is 50.4. The van der Waals surface area contributed by atoms with Crippen molar-refractivity contribution in [3.63, 3.8) is 0 Å². The predicted octanol–water partition coefficient (Wildman–Crippen LogP) is 6.80. The van der Waals surface area contributed by atoms with Gasteiger partial charge in [0.1, 0.15) is 50.3 Å². The van der Waals surface area contributed by atoms with Crippen molar-refractivity contribution in [1.29, 1.82) is 0 Å². The minimum absolute atomic E-state index is 0.0180. The number of allylic oxidation sites excluding steroid dienone is 4. The van der Waals surface area contributed by atoms with E-state index in [1.165, 1.54) is 11.1 Å². The summed E-state index contributed by atoms with van der Waals surface area (Å²) in [7, 11) is 0. The van der Waals surface area contributed by atoms with Gasteiger partial charge in [-0.15, -0.1) is 0 Å². The fraction of sp³-hybridized carbons (Fsp3) is 0.773. The van der Waals surface area contributed by atoms with Crippen LogP contribution in [0.2, 0.25) is 0 Å². The highest BCUT2D eigenvalue weighted by molar-refractivity contribution is 5.92. The van der Waals surface area contributed by atoms with E-state index in [-0.39, 0.29) is 71.2 Å². The van der Waals surface area contributed by atoms with Crippen molar-refractivity contribution in [3.8, 4) is 0 Å². The fourth-order valence-electron chi connectivity index (χ4n) is 18.4. The van der Waals surface area contributed by atoms with E-state index < -0.39 is 72.4 Å². The van der Waals surface area contributed by atoms with Crippen molar-refractivity contribution < 1.29 is 84.0 Å². The molecule has 4 heterocycles. The van der Waals surface area contributed by atoms with Crippen molar-refractivity contribution >= 4 is 17.9 Å². The van der Waals surface area contributed by atoms with Crippen molar-refractivity contribution in [2.24, 2.45) is 68.0 Å². The van der Waals surface area contributed by atoms with Crippen LogP contribution in [0.3, 0.4) is 0 Å². The van der Waals surface area contributed by atoms with Crippen LogP contribution < -0.4 is 0 Å². The topological polar surface area (TPSA) is 279 Å². The molecule has 17 heteroatoms. The van der Waals surface area contributed by atoms with Crippen LogP contribution in [-0.2, 0) is 38.1 Å². The summed E-state index contributed by atoms with van der Waals surface area (Å²) in [4.78, 5) is 35.4. The SMILES string of the molecule is C=C1CC[C@@H]2[C@](C)(CO)[C@H](O)CC[C@@]2(C)[C@@H]1C/C=C1/C(=O)OC[C@H]1O.C=C1CC[C@@H]2[C@](C)(CO)[C@H](O)CC[C@@]2(C)[C@@H]1CCC1=CCOC1=O.C=C1CC[C@@H]2[C@](C)(CO[C@@H]3O[C@H](CO)[C@@H](O)[C@H](O)[C@H]3O)CCC[C@@]2(C)[C@@H]1CCC1=CCOC1=O. The van der Waals surface area contributed by atoms with Crippen LogP contribution in [0.5, 0.6) is 0 Å². The Bertz CT molecular complexity index is 2500. The molecule has 10 aliphatic rings. The molecule has 8 fully saturated rings. The van der Waals surface area contributed by atoms with Crippen LogP contribution >= 0.6 is 0 Å². The van der Waals surface area contributed by atoms with Gasteiger partial charge in [0, 0.05) is 22.0 Å². The van der Waals surface area contributed by atoms with Gasteiger partial charge in [0.25, 0.3) is 0 Å². The molecule has 0 unspecified atom stereocenters. The number of aliphatic hydroxyl groups excluding tert-OH is 9. The molecular formula is C66H100O17. The lowest BCUT2D eigenvalue weighted by Crippen LogP contribution is -2.60. The number of hydrogen-bond donors (Lipinski definition) is 9. The lowest BCUT2D eigenvalue weighted by atomic mass is 9.46. The van der Waals surface area contributed by atoms with Gasteiger partial charge in [0.05, 0.1) is 44.2 Å². The minimum Gasteiger partial charge on any atom is -0.459 e. The van der Waals surface area contributed by atoms with E-state index in [1.54, 1.807) is 0 Å². The number of fused-ring (bicyclic) bond motifs is 3. The normalized spacial score (nSPS) is 44.6. The molecule has 0 aromatic heterocycles. The maximum absolute atomic E-state index is 11.9. The van der Waals surface area contributed by atoms with E-state index >= 15 is 0 Å². The number of cyclic esters (lactones) is 3. The summed E-state index contributed by atoms with van der Waals surface area (Å²) in [6, 6.07) is 0. The predicted molar refractivity (Wildman–Crippen MR) is 309 cm³/mol. The number of carbonyl (C=O) groups excluding carboxylic acids is 3. The maximum atomic E-state index is 11.9. The molecule has 2 saturated heterocycles. The van der Waals surface area contributed by atoms with E-state index in [9.17, 15) is 60.3 Å². The van der Waals surface area contributed by atoms with E-state index in [0.717, 1.165) is 113 Å². The number of carbonyl (C=O) groups is 3. The zero-order chi connectivity index (χ0) is 60.6. The maximum Gasteiger partial charge on any atom is 0.336 e. The Kier molecular flexibility index (Phi) is 20.5. The second kappa shape index (κ2) is 26.0. The first-order chi connectivity index (χ1) is 39.2. The number of rotatable bonds is 14. The van der Waals surface area contributed by atoms with Crippen LogP contribution in [-0.4, -0.2) is 159 Å². The molecular weight excluding hydrogens is 1060 g/mol. The minimum atomic E-state index is -1.45. The Morgan fingerprint density at radius 2 is 1.07 bits per heavy atom. The summed E-state index contributed by atoms with van der Waals surface area (Å²) >= 11 is 0. The average Bonchev–Trinajstić information content (AvgIpc) is 3.96. The van der Waals surface area contributed by atoms with Crippen LogP contribution in [0.4, 0.5) is 0 Å². The molecule has 0 aromatic rings. The van der Waals surface area contributed by atoms with Gasteiger partial charge in [-0.1, -0.05) is 90.5 Å². The average molecular weight is 1170 g/mol. The molecule has 6 saturated carbocycles. The second-order valence-corrected chi connectivity index (χ2v) is 28.1. The molecule has 17 nitrogen and oxygen atoms in total. The number of esters is 3. The smallest absolute Gasteiger partial charge is 0.336 e. The molecule has 0 bridgehead atoms. The largest absolute Gasteiger partial charge is 0.459 e. The standard InChI is InChI=1S/C26H40O8.C20H30O5.C20H30O4/c1-15-5-8-19-25(2,14-33-24-22(30)21(29)20(28)18(13-27)34-24)10-4-11-26(19,3)17(15)7-6-16-9-12-32-23(16)31;1-12-4-7-16-19(2,9-8-17(23)20(16,3)11-21)14(12)6-5-13-15(22)10-25-18(13)24;1-13-4-7-16-19(2,10-8-17(22)20(16,3)12-21)15(13)6-5-14-9-11-24-18(14)23/h9,17-22,24,27-30H,1,4-8,10-14H2,2-3H3;5,14-17,21-23H,1,4,6-11H2,2-3H3;9,15-17,21-22H,1,4-8,10-12H2,2-3H3/b;13-5+;/t17-,18-,19-,20-,21+,22-,24-,25+,26+;14-,15-,16+,17-,19+,20+;15-,16+,17-,19+,20+/m111/s1. The second-order valence-electron chi connectivity index (χ2n) is 28.1. The summed E-state index contributed by atoms with van der Waals surface area (Å²) < 4.78 is 26.6. The van der Waals surface area contributed by atoms with E-state index in [2.05, 4.69) is 47.4 Å². The van der Waals surface area contributed by atoms with E-state index in [0.29, 0.717) is 62.4 Å². The molecule has 0 aromatic carbocycles. The number of hydrogen-bond acceptors (Lipinski definition) is 17. The van der Waals surface area contributed by atoms with E-state index in [1.807, 2.05) is 32.1 Å². The molecule has 6 aliphatic carbocycles. The Morgan fingerprint density at radius 1 is 0.590 bits per heavy atom. The van der Waals surface area contributed by atoms with Crippen molar-refractivity contribution in [3.05, 3.63) is 71.4 Å². The van der Waals surface area contributed by atoms with Gasteiger partial charge < -0.3 is 69.6 Å². The summed E-state index contributed by atoms with van der Waals surface area (Å²) in [5, 5.41) is 91.0. The molecule has 4 aliphatic heterocycles. The van der Waals surface area contributed by atoms with Gasteiger partial charge >= 0.3 is 17.9 Å². The highest BCUT2D eigenvalue weighted by Crippen LogP contribution is 2.65. The third-order valence-corrected chi connectivity index (χ3v) is 23.5. The Balaban J connectivity index is 0.000000166. The first kappa shape index (κ1) is 65.4. The van der Waals surface area contributed by atoms with Gasteiger partial charge in [-0.25, -0.2) is 14.4 Å². The molecule has 83 heavy (non-hydrogen) atoms. The van der Waals surface area contributed by atoms with Crippen molar-refractivity contribution in [2.75, 3.05) is 46.2 Å². The van der Waals surface area contributed by atoms with E-state index in [4.69, 9.17) is 23.7 Å². The molecule has 0 radical (unpaired) electrons. The van der Waals surface area contributed by atoms with Crippen LogP contribution in [0, 0.1) is 68.0 Å². The third kappa shape index (κ3) is 12.5. The summed E-state index contributed by atoms with van der Waals surface area (Å²) in [6.45, 7) is 26.8. The fourth-order valence-corrected chi connectivity index (χ4v) is 18.4. The highest BCUT2D eigenvalue weighted by atomic mass is 16.7. The van der Waals surface area contributed by atoms with Crippen LogP contribution in [0.15, 0.2) is 71.4 Å². The summed E-state index contributed by atoms with van der Waals surface area (Å²) in [5.41, 5.74) is 4.40. The lowest BCUT2D eigenvalue weighted by Gasteiger charge is -2.60. The third-order valence-electron chi connectivity index (χ3n) is 23.5. The van der Waals surface area contributed by atoms with Gasteiger partial charge in [-0.3, -0.25) is 0 Å². The van der Waals surface area contributed by atoms with Gasteiger partial charge in [0.15, 0.2) is 6.29 Å². The summed E-state index contributed by atoms with van der Waals surface area (Å²) in [5.74, 6) is 0.798. The van der Waals surface area contributed by atoms with Crippen LogP contribution in [0.1, 0.15) is 157 Å². The highest BCUT2D eigenvalue weighted by Gasteiger charge is 2.60. The van der Waals surface area contributed by atoms with Crippen molar-refractivity contribution in [2.45, 2.75) is 206 Å². The monoisotopic (exact) mass is 1160 g/mol. The van der Waals surface area contributed by atoms with Gasteiger partial charge in [-0.2, -0.15) is 0 Å². The zero-order valence-electron chi connectivity index (χ0n) is 50.4. The van der Waals surface area contributed by atoms with Crippen molar-refractivity contribution in [1.82, 2.24) is 0 Å². The summed E-state index contributed by atoms with van der Waals surface area (Å²) in [6.07, 6.45) is 13.2. The van der Waals surface area contributed by atoms with Crippen LogP contribution in [0.25, 0.3) is 0 Å². The Morgan fingerprint density at radius 3 is 1.53 bits per heavy atom. The lowest BCUT2D eigenvalue weighted by molar-refractivity contribution is -0.309. The molecule has 466 valence electrons. The van der Waals surface area contributed by atoms with Gasteiger partial charge in [-0.05, 0) is 178 Å². The number of ether oxygens (including phenoxy) is 5.